The highest BCUT2D eigenvalue weighted by Gasteiger charge is 2.08. The fourth-order valence-electron chi connectivity index (χ4n) is 1.73. The standard InChI is InChI=1S/C13H16ClN3O2/c1-3-17-13(15-9-16-17)8-19-12-5-4-11(18-2)6-10(12)7-14/h4-6,9H,3,7-8H2,1-2H3. The summed E-state index contributed by atoms with van der Waals surface area (Å²) in [6.07, 6.45) is 1.53. The number of nitrogens with zero attached hydrogens (tertiary/aromatic N) is 3. The van der Waals surface area contributed by atoms with Crippen LogP contribution < -0.4 is 9.47 Å². The summed E-state index contributed by atoms with van der Waals surface area (Å²) >= 11 is 5.91. The SMILES string of the molecule is CCn1ncnc1COc1ccc(OC)cc1CCl. The second-order valence-electron chi connectivity index (χ2n) is 3.89. The van der Waals surface area contributed by atoms with Crippen molar-refractivity contribution >= 4 is 11.6 Å². The summed E-state index contributed by atoms with van der Waals surface area (Å²) in [5, 5.41) is 4.10. The molecule has 2 aromatic rings. The third-order valence-corrected chi connectivity index (χ3v) is 3.05. The van der Waals surface area contributed by atoms with Gasteiger partial charge >= 0.3 is 0 Å². The smallest absolute Gasteiger partial charge is 0.164 e. The van der Waals surface area contributed by atoms with E-state index in [1.54, 1.807) is 11.8 Å². The summed E-state index contributed by atoms with van der Waals surface area (Å²) in [5.41, 5.74) is 0.892. The van der Waals surface area contributed by atoms with E-state index >= 15 is 0 Å². The Kier molecular flexibility index (Phi) is 4.63. The van der Waals surface area contributed by atoms with Gasteiger partial charge in [0.1, 0.15) is 24.4 Å². The van der Waals surface area contributed by atoms with Crippen LogP contribution in [0.25, 0.3) is 0 Å². The van der Waals surface area contributed by atoms with Crippen LogP contribution in [0.5, 0.6) is 11.5 Å². The molecule has 0 unspecified atom stereocenters. The molecule has 1 aromatic carbocycles. The Hall–Kier alpha value is -1.75. The normalized spacial score (nSPS) is 10.5. The maximum Gasteiger partial charge on any atom is 0.164 e. The summed E-state index contributed by atoms with van der Waals surface area (Å²) in [4.78, 5) is 4.16. The lowest BCUT2D eigenvalue weighted by atomic mass is 10.2. The topological polar surface area (TPSA) is 49.2 Å². The van der Waals surface area contributed by atoms with Gasteiger partial charge in [-0.1, -0.05) is 0 Å². The zero-order valence-electron chi connectivity index (χ0n) is 11.0. The van der Waals surface area contributed by atoms with Crippen molar-refractivity contribution in [1.82, 2.24) is 14.8 Å². The van der Waals surface area contributed by atoms with Gasteiger partial charge in [0.15, 0.2) is 5.82 Å². The molecular formula is C13H16ClN3O2. The van der Waals surface area contributed by atoms with Crippen molar-refractivity contribution in [1.29, 1.82) is 0 Å². The molecule has 0 spiro atoms. The van der Waals surface area contributed by atoms with Gasteiger partial charge in [-0.2, -0.15) is 5.10 Å². The van der Waals surface area contributed by atoms with Gasteiger partial charge in [-0.25, -0.2) is 9.67 Å². The van der Waals surface area contributed by atoms with Gasteiger partial charge < -0.3 is 9.47 Å². The van der Waals surface area contributed by atoms with E-state index in [2.05, 4.69) is 10.1 Å². The molecule has 2 rings (SSSR count). The minimum absolute atomic E-state index is 0.365. The predicted octanol–water partition coefficient (Wildman–Crippen LogP) is 2.62. The molecule has 0 amide bonds. The second kappa shape index (κ2) is 6.43. The van der Waals surface area contributed by atoms with Crippen LogP contribution in [0.1, 0.15) is 18.3 Å². The van der Waals surface area contributed by atoms with Crippen molar-refractivity contribution < 1.29 is 9.47 Å². The van der Waals surface area contributed by atoms with Gasteiger partial charge in [-0.05, 0) is 25.1 Å². The molecule has 19 heavy (non-hydrogen) atoms. The first kappa shape index (κ1) is 13.7. The van der Waals surface area contributed by atoms with Crippen LogP contribution in [0.4, 0.5) is 0 Å². The lowest BCUT2D eigenvalue weighted by molar-refractivity contribution is 0.284. The van der Waals surface area contributed by atoms with Crippen LogP contribution in [-0.2, 0) is 19.0 Å². The van der Waals surface area contributed by atoms with E-state index in [9.17, 15) is 0 Å². The third kappa shape index (κ3) is 3.17. The Morgan fingerprint density at radius 3 is 2.89 bits per heavy atom. The molecule has 0 aliphatic heterocycles. The van der Waals surface area contributed by atoms with Crippen molar-refractivity contribution in [3.63, 3.8) is 0 Å². The van der Waals surface area contributed by atoms with Crippen molar-refractivity contribution in [2.24, 2.45) is 0 Å². The highest BCUT2D eigenvalue weighted by Crippen LogP contribution is 2.26. The van der Waals surface area contributed by atoms with E-state index in [0.29, 0.717) is 12.5 Å². The van der Waals surface area contributed by atoms with E-state index in [1.165, 1.54) is 6.33 Å². The zero-order valence-corrected chi connectivity index (χ0v) is 11.7. The molecule has 0 radical (unpaired) electrons. The number of halogens is 1. The molecule has 0 aliphatic carbocycles. The maximum atomic E-state index is 5.91. The number of rotatable bonds is 6. The summed E-state index contributed by atoms with van der Waals surface area (Å²) < 4.78 is 12.7. The second-order valence-corrected chi connectivity index (χ2v) is 4.16. The summed E-state index contributed by atoms with van der Waals surface area (Å²) in [5.74, 6) is 2.66. The molecule has 0 bridgehead atoms. The van der Waals surface area contributed by atoms with E-state index in [4.69, 9.17) is 21.1 Å². The summed E-state index contributed by atoms with van der Waals surface area (Å²) in [6.45, 7) is 3.14. The third-order valence-electron chi connectivity index (χ3n) is 2.76. The molecule has 0 N–H and O–H groups in total. The van der Waals surface area contributed by atoms with Crippen LogP contribution in [-0.4, -0.2) is 21.9 Å². The molecule has 6 heteroatoms. The van der Waals surface area contributed by atoms with Crippen LogP contribution in [0, 0.1) is 0 Å². The van der Waals surface area contributed by atoms with Crippen LogP contribution in [0.15, 0.2) is 24.5 Å². The lowest BCUT2D eigenvalue weighted by Crippen LogP contribution is -2.08. The van der Waals surface area contributed by atoms with E-state index in [-0.39, 0.29) is 0 Å². The van der Waals surface area contributed by atoms with Crippen LogP contribution >= 0.6 is 11.6 Å². The number of hydrogen-bond donors (Lipinski definition) is 0. The number of aromatic nitrogens is 3. The van der Waals surface area contributed by atoms with E-state index in [1.807, 2.05) is 25.1 Å². The van der Waals surface area contributed by atoms with Gasteiger partial charge in [0.25, 0.3) is 0 Å². The van der Waals surface area contributed by atoms with Crippen molar-refractivity contribution in [2.75, 3.05) is 7.11 Å². The van der Waals surface area contributed by atoms with Gasteiger partial charge in [-0.3, -0.25) is 0 Å². The fourth-order valence-corrected chi connectivity index (χ4v) is 1.94. The van der Waals surface area contributed by atoms with Crippen LogP contribution in [0.2, 0.25) is 0 Å². The zero-order chi connectivity index (χ0) is 13.7. The number of hydrogen-bond acceptors (Lipinski definition) is 4. The number of ether oxygens (including phenoxy) is 2. The van der Waals surface area contributed by atoms with Gasteiger partial charge in [0.2, 0.25) is 0 Å². The summed E-state index contributed by atoms with van der Waals surface area (Å²) in [6, 6.07) is 5.56. The van der Waals surface area contributed by atoms with Gasteiger partial charge in [0.05, 0.1) is 13.0 Å². The lowest BCUT2D eigenvalue weighted by Gasteiger charge is -2.11. The molecule has 0 saturated heterocycles. The first-order chi connectivity index (χ1) is 9.28. The van der Waals surface area contributed by atoms with Crippen LogP contribution in [0.3, 0.4) is 0 Å². The summed E-state index contributed by atoms with van der Waals surface area (Å²) in [7, 11) is 1.62. The molecule has 1 aromatic heterocycles. The van der Waals surface area contributed by atoms with Crippen molar-refractivity contribution in [3.8, 4) is 11.5 Å². The Morgan fingerprint density at radius 1 is 1.37 bits per heavy atom. The molecule has 5 nitrogen and oxygen atoms in total. The predicted molar refractivity (Wildman–Crippen MR) is 72.6 cm³/mol. The first-order valence-corrected chi connectivity index (χ1v) is 6.54. The maximum absolute atomic E-state index is 5.91. The van der Waals surface area contributed by atoms with Crippen molar-refractivity contribution in [2.45, 2.75) is 26.0 Å². The van der Waals surface area contributed by atoms with E-state index < -0.39 is 0 Å². The number of methoxy groups -OCH3 is 1. The molecule has 0 fully saturated rings. The molecular weight excluding hydrogens is 266 g/mol. The fraction of sp³-hybridized carbons (Fsp3) is 0.385. The Morgan fingerprint density at radius 2 is 2.21 bits per heavy atom. The highest BCUT2D eigenvalue weighted by molar-refractivity contribution is 6.17. The minimum Gasteiger partial charge on any atom is -0.497 e. The average Bonchev–Trinajstić information content (AvgIpc) is 2.92. The molecule has 0 saturated carbocycles. The average molecular weight is 282 g/mol. The number of aryl methyl sites for hydroxylation is 1. The Labute approximate surface area is 117 Å². The number of alkyl halides is 1. The van der Waals surface area contributed by atoms with E-state index in [0.717, 1.165) is 29.4 Å². The molecule has 1 heterocycles. The highest BCUT2D eigenvalue weighted by atomic mass is 35.5. The minimum atomic E-state index is 0.365. The molecule has 0 aliphatic rings. The van der Waals surface area contributed by atoms with Gasteiger partial charge in [-0.15, -0.1) is 11.6 Å². The molecule has 0 atom stereocenters. The van der Waals surface area contributed by atoms with Gasteiger partial charge in [0, 0.05) is 12.1 Å². The Bertz CT molecular complexity index is 542. The van der Waals surface area contributed by atoms with Crippen molar-refractivity contribution in [3.05, 3.63) is 35.9 Å². The quantitative estimate of drug-likeness (QED) is 0.764. The largest absolute Gasteiger partial charge is 0.497 e. The first-order valence-electron chi connectivity index (χ1n) is 6.00. The molecule has 102 valence electrons. The Balaban J connectivity index is 2.11. The number of benzene rings is 1. The monoisotopic (exact) mass is 281 g/mol.